The van der Waals surface area contributed by atoms with E-state index in [4.69, 9.17) is 4.74 Å². The van der Waals surface area contributed by atoms with Crippen molar-refractivity contribution < 1.29 is 4.74 Å². The van der Waals surface area contributed by atoms with Gasteiger partial charge in [-0.05, 0) is 18.2 Å². The van der Waals surface area contributed by atoms with Gasteiger partial charge >= 0.3 is 0 Å². The van der Waals surface area contributed by atoms with Crippen LogP contribution in [0.2, 0.25) is 0 Å². The Labute approximate surface area is 93.1 Å². The Kier molecular flexibility index (Phi) is 2.30. The molecular formula is C11H12N4O. The van der Waals surface area contributed by atoms with Crippen molar-refractivity contribution in [3.05, 3.63) is 36.9 Å². The second-order valence-corrected chi connectivity index (χ2v) is 3.80. The Bertz CT molecular complexity index is 465. The SMILES string of the molecule is c1cc(NC2COC2)cc(-n2cnnc2)c1. The molecule has 5 heteroatoms. The van der Waals surface area contributed by atoms with Gasteiger partial charge in [0.2, 0.25) is 0 Å². The summed E-state index contributed by atoms with van der Waals surface area (Å²) < 4.78 is 7.00. The molecule has 0 amide bonds. The Morgan fingerprint density at radius 3 is 2.75 bits per heavy atom. The number of hydrogen-bond acceptors (Lipinski definition) is 4. The molecule has 1 aromatic heterocycles. The van der Waals surface area contributed by atoms with Crippen molar-refractivity contribution in [2.24, 2.45) is 0 Å². The van der Waals surface area contributed by atoms with Crippen LogP contribution < -0.4 is 5.32 Å². The van der Waals surface area contributed by atoms with E-state index < -0.39 is 0 Å². The molecule has 1 aromatic carbocycles. The van der Waals surface area contributed by atoms with Gasteiger partial charge in [-0.2, -0.15) is 0 Å². The number of hydrogen-bond donors (Lipinski definition) is 1. The maximum atomic E-state index is 5.12. The molecule has 0 aliphatic carbocycles. The lowest BCUT2D eigenvalue weighted by molar-refractivity contribution is 0.0211. The molecule has 0 bridgehead atoms. The first-order chi connectivity index (χ1) is 7.92. The Morgan fingerprint density at radius 2 is 2.06 bits per heavy atom. The van der Waals surface area contributed by atoms with E-state index in [-0.39, 0.29) is 0 Å². The zero-order chi connectivity index (χ0) is 10.8. The van der Waals surface area contributed by atoms with Gasteiger partial charge in [-0.1, -0.05) is 6.07 Å². The summed E-state index contributed by atoms with van der Waals surface area (Å²) in [4.78, 5) is 0. The third kappa shape index (κ3) is 1.77. The van der Waals surface area contributed by atoms with Gasteiger partial charge in [0.15, 0.2) is 0 Å². The molecule has 0 spiro atoms. The van der Waals surface area contributed by atoms with E-state index >= 15 is 0 Å². The van der Waals surface area contributed by atoms with Gasteiger partial charge in [0.25, 0.3) is 0 Å². The average Bonchev–Trinajstić information content (AvgIpc) is 2.77. The highest BCUT2D eigenvalue weighted by Crippen LogP contribution is 2.16. The molecule has 0 atom stereocenters. The summed E-state index contributed by atoms with van der Waals surface area (Å²) in [6.07, 6.45) is 3.37. The number of ether oxygens (including phenoxy) is 1. The highest BCUT2D eigenvalue weighted by Gasteiger charge is 2.17. The van der Waals surface area contributed by atoms with Gasteiger partial charge in [-0.3, -0.25) is 4.57 Å². The van der Waals surface area contributed by atoms with Crippen LogP contribution in [0.1, 0.15) is 0 Å². The summed E-state index contributed by atoms with van der Waals surface area (Å²) in [5.41, 5.74) is 2.15. The molecule has 82 valence electrons. The number of nitrogens with zero attached hydrogens (tertiary/aromatic N) is 3. The molecule has 2 aromatic rings. The van der Waals surface area contributed by atoms with Crippen LogP contribution in [0.5, 0.6) is 0 Å². The minimum Gasteiger partial charge on any atom is -0.378 e. The van der Waals surface area contributed by atoms with Crippen LogP contribution in [0.25, 0.3) is 5.69 Å². The van der Waals surface area contributed by atoms with Gasteiger partial charge in [0.05, 0.1) is 24.9 Å². The molecule has 1 N–H and O–H groups in total. The molecule has 2 heterocycles. The average molecular weight is 216 g/mol. The first-order valence-electron chi connectivity index (χ1n) is 5.21. The third-order valence-electron chi connectivity index (χ3n) is 2.57. The van der Waals surface area contributed by atoms with Crippen LogP contribution in [0, 0.1) is 0 Å². The maximum absolute atomic E-state index is 5.12. The quantitative estimate of drug-likeness (QED) is 0.834. The van der Waals surface area contributed by atoms with Crippen molar-refractivity contribution in [3.63, 3.8) is 0 Å². The number of aromatic nitrogens is 3. The van der Waals surface area contributed by atoms with E-state index in [1.807, 2.05) is 22.8 Å². The Balaban J connectivity index is 1.82. The standard InChI is InChI=1S/C11H12N4O/c1-2-9(14-10-5-16-6-10)4-11(3-1)15-7-12-13-8-15/h1-4,7-8,10,14H,5-6H2. The molecule has 1 saturated heterocycles. The topological polar surface area (TPSA) is 52.0 Å². The zero-order valence-electron chi connectivity index (χ0n) is 8.71. The predicted molar refractivity (Wildman–Crippen MR) is 59.6 cm³/mol. The smallest absolute Gasteiger partial charge is 0.123 e. The van der Waals surface area contributed by atoms with Crippen molar-refractivity contribution in [2.45, 2.75) is 6.04 Å². The monoisotopic (exact) mass is 216 g/mol. The molecule has 0 unspecified atom stereocenters. The van der Waals surface area contributed by atoms with E-state index in [9.17, 15) is 0 Å². The third-order valence-corrected chi connectivity index (χ3v) is 2.57. The largest absolute Gasteiger partial charge is 0.378 e. The Hall–Kier alpha value is -1.88. The molecule has 1 aliphatic heterocycles. The first kappa shape index (κ1) is 9.35. The van der Waals surface area contributed by atoms with Crippen LogP contribution in [-0.4, -0.2) is 34.0 Å². The summed E-state index contributed by atoms with van der Waals surface area (Å²) in [5, 5.41) is 11.0. The van der Waals surface area contributed by atoms with E-state index in [0.717, 1.165) is 24.6 Å². The second kappa shape index (κ2) is 3.94. The van der Waals surface area contributed by atoms with E-state index in [2.05, 4.69) is 21.6 Å². The fourth-order valence-electron chi connectivity index (χ4n) is 1.65. The van der Waals surface area contributed by atoms with Crippen molar-refractivity contribution in [1.82, 2.24) is 14.8 Å². The lowest BCUT2D eigenvalue weighted by atomic mass is 10.2. The maximum Gasteiger partial charge on any atom is 0.123 e. The minimum atomic E-state index is 0.441. The molecule has 3 rings (SSSR count). The highest BCUT2D eigenvalue weighted by molar-refractivity contribution is 5.51. The van der Waals surface area contributed by atoms with Gasteiger partial charge in [-0.25, -0.2) is 0 Å². The molecule has 0 radical (unpaired) electrons. The number of nitrogens with one attached hydrogen (secondary N) is 1. The van der Waals surface area contributed by atoms with Gasteiger partial charge in [0, 0.05) is 5.69 Å². The van der Waals surface area contributed by atoms with Crippen molar-refractivity contribution in [2.75, 3.05) is 18.5 Å². The highest BCUT2D eigenvalue weighted by atomic mass is 16.5. The van der Waals surface area contributed by atoms with Crippen LogP contribution >= 0.6 is 0 Å². The second-order valence-electron chi connectivity index (χ2n) is 3.80. The van der Waals surface area contributed by atoms with Crippen molar-refractivity contribution in [1.29, 1.82) is 0 Å². The minimum absolute atomic E-state index is 0.441. The van der Waals surface area contributed by atoms with Crippen molar-refractivity contribution in [3.8, 4) is 5.69 Å². The van der Waals surface area contributed by atoms with Crippen LogP contribution in [0.3, 0.4) is 0 Å². The van der Waals surface area contributed by atoms with E-state index in [0.29, 0.717) is 6.04 Å². The number of benzene rings is 1. The summed E-state index contributed by atoms with van der Waals surface area (Å²) in [7, 11) is 0. The first-order valence-corrected chi connectivity index (χ1v) is 5.21. The number of anilines is 1. The van der Waals surface area contributed by atoms with Crippen LogP contribution in [0.4, 0.5) is 5.69 Å². The molecule has 1 fully saturated rings. The van der Waals surface area contributed by atoms with Crippen LogP contribution in [-0.2, 0) is 4.74 Å². The normalized spacial score (nSPS) is 15.8. The molecule has 0 saturated carbocycles. The predicted octanol–water partition coefficient (Wildman–Crippen LogP) is 1.08. The molecular weight excluding hydrogens is 204 g/mol. The van der Waals surface area contributed by atoms with Gasteiger partial charge < -0.3 is 10.1 Å². The fraction of sp³-hybridized carbons (Fsp3) is 0.273. The lowest BCUT2D eigenvalue weighted by Crippen LogP contribution is -2.40. The lowest BCUT2D eigenvalue weighted by Gasteiger charge is -2.27. The molecule has 16 heavy (non-hydrogen) atoms. The van der Waals surface area contributed by atoms with Gasteiger partial charge in [0.1, 0.15) is 12.7 Å². The van der Waals surface area contributed by atoms with E-state index in [1.54, 1.807) is 12.7 Å². The molecule has 1 aliphatic rings. The van der Waals surface area contributed by atoms with Crippen LogP contribution in [0.15, 0.2) is 36.9 Å². The summed E-state index contributed by atoms with van der Waals surface area (Å²) >= 11 is 0. The zero-order valence-corrected chi connectivity index (χ0v) is 8.71. The summed E-state index contributed by atoms with van der Waals surface area (Å²) in [5.74, 6) is 0. The fourth-order valence-corrected chi connectivity index (χ4v) is 1.65. The van der Waals surface area contributed by atoms with Gasteiger partial charge in [-0.15, -0.1) is 10.2 Å². The summed E-state index contributed by atoms with van der Waals surface area (Å²) in [6, 6.07) is 8.59. The van der Waals surface area contributed by atoms with E-state index in [1.165, 1.54) is 0 Å². The molecule has 5 nitrogen and oxygen atoms in total. The van der Waals surface area contributed by atoms with Crippen molar-refractivity contribution >= 4 is 5.69 Å². The number of rotatable bonds is 3. The summed E-state index contributed by atoms with van der Waals surface area (Å²) in [6.45, 7) is 1.58. The Morgan fingerprint density at radius 1 is 1.25 bits per heavy atom.